The smallest absolute Gasteiger partial charge is 0.224 e. The first-order valence-corrected chi connectivity index (χ1v) is 7.51. The van der Waals surface area contributed by atoms with E-state index in [1.165, 1.54) is 10.6 Å². The van der Waals surface area contributed by atoms with Crippen LogP contribution < -0.4 is 0 Å². The molecular formula is C14H7F3N6S. The van der Waals surface area contributed by atoms with Crippen LogP contribution in [0, 0.1) is 0 Å². The highest BCUT2D eigenvalue weighted by Gasteiger charge is 2.35. The Morgan fingerprint density at radius 3 is 2.62 bits per heavy atom. The lowest BCUT2D eigenvalue weighted by atomic mass is 10.2. The van der Waals surface area contributed by atoms with Gasteiger partial charge in [0.05, 0.1) is 5.52 Å². The van der Waals surface area contributed by atoms with E-state index in [1.807, 2.05) is 0 Å². The molecule has 1 aromatic carbocycles. The van der Waals surface area contributed by atoms with Crippen molar-refractivity contribution in [2.75, 3.05) is 0 Å². The molecule has 3 heterocycles. The summed E-state index contributed by atoms with van der Waals surface area (Å²) in [6.07, 6.45) is -1.42. The summed E-state index contributed by atoms with van der Waals surface area (Å²) in [5.41, 5.74) is 0.212. The van der Waals surface area contributed by atoms with E-state index in [0.717, 1.165) is 11.8 Å². The van der Waals surface area contributed by atoms with E-state index in [0.29, 0.717) is 11.2 Å². The van der Waals surface area contributed by atoms with Gasteiger partial charge in [-0.2, -0.15) is 18.2 Å². The Hall–Kier alpha value is -2.75. The first-order chi connectivity index (χ1) is 11.5. The van der Waals surface area contributed by atoms with Gasteiger partial charge in [0.1, 0.15) is 5.03 Å². The lowest BCUT2D eigenvalue weighted by molar-refractivity contribution is -0.145. The summed E-state index contributed by atoms with van der Waals surface area (Å²) in [5.74, 6) is -0.833. The number of alkyl halides is 3. The molecule has 0 saturated carbocycles. The fourth-order valence-electron chi connectivity index (χ4n) is 2.10. The number of fused-ring (bicyclic) bond motifs is 2. The molecule has 0 radical (unpaired) electrons. The number of nitrogens with zero attached hydrogens (tertiary/aromatic N) is 6. The molecule has 0 N–H and O–H groups in total. The molecule has 3 aromatic heterocycles. The van der Waals surface area contributed by atoms with Crippen LogP contribution in [-0.2, 0) is 6.18 Å². The Kier molecular flexibility index (Phi) is 3.34. The molecule has 0 aliphatic carbocycles. The van der Waals surface area contributed by atoms with Crippen molar-refractivity contribution in [1.82, 2.24) is 29.5 Å². The number of rotatable bonds is 2. The normalized spacial score (nSPS) is 12.1. The fourth-order valence-corrected chi connectivity index (χ4v) is 2.94. The predicted octanol–water partition coefficient (Wildman–Crippen LogP) is 3.24. The van der Waals surface area contributed by atoms with Gasteiger partial charge in [-0.15, -0.1) is 5.10 Å². The van der Waals surface area contributed by atoms with Crippen molar-refractivity contribution >= 4 is 28.4 Å². The van der Waals surface area contributed by atoms with Crippen molar-refractivity contribution in [3.8, 4) is 0 Å². The molecule has 0 aliphatic heterocycles. The Labute approximate surface area is 136 Å². The number of hydrogen-bond donors (Lipinski definition) is 0. The van der Waals surface area contributed by atoms with E-state index in [9.17, 15) is 13.2 Å². The van der Waals surface area contributed by atoms with Gasteiger partial charge >= 0.3 is 6.18 Å². The Balaban J connectivity index is 1.85. The van der Waals surface area contributed by atoms with Crippen LogP contribution in [0.2, 0.25) is 0 Å². The highest BCUT2D eigenvalue weighted by atomic mass is 32.2. The van der Waals surface area contributed by atoms with Gasteiger partial charge in [-0.25, -0.2) is 19.5 Å². The van der Waals surface area contributed by atoms with E-state index in [4.69, 9.17) is 0 Å². The summed E-state index contributed by atoms with van der Waals surface area (Å²) < 4.78 is 40.5. The number of benzene rings is 1. The van der Waals surface area contributed by atoms with Gasteiger partial charge in [0.25, 0.3) is 5.78 Å². The molecule has 6 nitrogen and oxygen atoms in total. The molecule has 24 heavy (non-hydrogen) atoms. The number of hydrogen-bond acceptors (Lipinski definition) is 6. The summed E-state index contributed by atoms with van der Waals surface area (Å²) in [6, 6.07) is 8.18. The van der Waals surface area contributed by atoms with Crippen molar-refractivity contribution in [3.05, 3.63) is 48.5 Å². The van der Waals surface area contributed by atoms with E-state index < -0.39 is 12.0 Å². The zero-order chi connectivity index (χ0) is 16.7. The van der Waals surface area contributed by atoms with Crippen molar-refractivity contribution in [2.24, 2.45) is 0 Å². The summed E-state index contributed by atoms with van der Waals surface area (Å²) >= 11 is 0.939. The van der Waals surface area contributed by atoms with E-state index in [1.54, 1.807) is 36.7 Å². The van der Waals surface area contributed by atoms with Crippen LogP contribution in [0.5, 0.6) is 0 Å². The van der Waals surface area contributed by atoms with Crippen LogP contribution in [0.25, 0.3) is 16.7 Å². The fraction of sp³-hybridized carbons (Fsp3) is 0.0714. The minimum atomic E-state index is -4.63. The summed E-state index contributed by atoms with van der Waals surface area (Å²) in [6.45, 7) is 0. The average Bonchev–Trinajstić information content (AvgIpc) is 2.96. The van der Waals surface area contributed by atoms with Crippen molar-refractivity contribution in [3.63, 3.8) is 0 Å². The Morgan fingerprint density at radius 2 is 1.83 bits per heavy atom. The Morgan fingerprint density at radius 1 is 1.00 bits per heavy atom. The van der Waals surface area contributed by atoms with Crippen LogP contribution in [0.4, 0.5) is 13.2 Å². The molecule has 0 fully saturated rings. The van der Waals surface area contributed by atoms with Crippen LogP contribution in [0.3, 0.4) is 0 Å². The van der Waals surface area contributed by atoms with Gasteiger partial charge in [-0.3, -0.25) is 0 Å². The number of halogens is 3. The van der Waals surface area contributed by atoms with Crippen molar-refractivity contribution in [2.45, 2.75) is 16.4 Å². The summed E-state index contributed by atoms with van der Waals surface area (Å²) in [4.78, 5) is 15.4. The third kappa shape index (κ3) is 2.64. The molecule has 0 amide bonds. The van der Waals surface area contributed by atoms with Crippen molar-refractivity contribution in [1.29, 1.82) is 0 Å². The second-order valence-corrected chi connectivity index (χ2v) is 5.68. The maximum atomic E-state index is 13.0. The third-order valence-corrected chi connectivity index (χ3v) is 3.97. The monoisotopic (exact) mass is 348 g/mol. The van der Waals surface area contributed by atoms with Gasteiger partial charge in [0.2, 0.25) is 11.0 Å². The molecule has 0 atom stereocenters. The van der Waals surface area contributed by atoms with E-state index >= 15 is 0 Å². The molecule has 120 valence electrons. The van der Waals surface area contributed by atoms with Gasteiger partial charge in [-0.05, 0) is 23.9 Å². The molecule has 4 rings (SSSR count). The van der Waals surface area contributed by atoms with Crippen LogP contribution in [-0.4, -0.2) is 29.5 Å². The molecule has 0 saturated heterocycles. The standard InChI is InChI=1S/C14H7F3N6S/c15-14(16,17)11-19-9-5-2-1-4-8(9)10(20-11)24-13-21-12-18-6-3-7-23(12)22-13/h1-7H. The zero-order valence-corrected chi connectivity index (χ0v) is 12.6. The molecule has 0 spiro atoms. The number of para-hydroxylation sites is 1. The molecule has 10 heteroatoms. The lowest BCUT2D eigenvalue weighted by Gasteiger charge is -2.09. The quantitative estimate of drug-likeness (QED) is 0.518. The number of aromatic nitrogens is 6. The van der Waals surface area contributed by atoms with E-state index in [2.05, 4.69) is 25.0 Å². The van der Waals surface area contributed by atoms with Crippen LogP contribution >= 0.6 is 11.8 Å². The SMILES string of the molecule is FC(F)(F)c1nc(Sc2nc3ncccn3n2)c2ccccc2n1. The second-order valence-electron chi connectivity index (χ2n) is 4.73. The molecule has 0 aliphatic rings. The minimum Gasteiger partial charge on any atom is -0.224 e. The minimum absolute atomic E-state index is 0.142. The maximum absolute atomic E-state index is 13.0. The first kappa shape index (κ1) is 14.8. The second kappa shape index (κ2) is 5.41. The van der Waals surface area contributed by atoms with Crippen molar-refractivity contribution < 1.29 is 13.2 Å². The van der Waals surface area contributed by atoms with Gasteiger partial charge in [0, 0.05) is 17.8 Å². The molecule has 4 aromatic rings. The molecular weight excluding hydrogens is 341 g/mol. The van der Waals surface area contributed by atoms with Gasteiger partial charge in [0.15, 0.2) is 0 Å². The third-order valence-electron chi connectivity index (χ3n) is 3.11. The maximum Gasteiger partial charge on any atom is 0.451 e. The van der Waals surface area contributed by atoms with E-state index in [-0.39, 0.29) is 15.7 Å². The van der Waals surface area contributed by atoms with Gasteiger partial charge < -0.3 is 0 Å². The topological polar surface area (TPSA) is 68.9 Å². The van der Waals surface area contributed by atoms with Crippen LogP contribution in [0.15, 0.2) is 52.9 Å². The zero-order valence-electron chi connectivity index (χ0n) is 11.8. The highest BCUT2D eigenvalue weighted by Crippen LogP contribution is 2.34. The Bertz CT molecular complexity index is 1010. The molecule has 0 unspecified atom stereocenters. The predicted molar refractivity (Wildman–Crippen MR) is 79.4 cm³/mol. The largest absolute Gasteiger partial charge is 0.451 e. The van der Waals surface area contributed by atoms with Gasteiger partial charge in [-0.1, -0.05) is 18.2 Å². The summed E-state index contributed by atoms with van der Waals surface area (Å²) in [5, 5.41) is 5.07. The van der Waals surface area contributed by atoms with Crippen LogP contribution in [0.1, 0.15) is 5.82 Å². The molecule has 0 bridgehead atoms. The summed E-state index contributed by atoms with van der Waals surface area (Å²) in [7, 11) is 0. The first-order valence-electron chi connectivity index (χ1n) is 6.70. The average molecular weight is 348 g/mol. The lowest BCUT2D eigenvalue weighted by Crippen LogP contribution is -2.11. The highest BCUT2D eigenvalue weighted by molar-refractivity contribution is 7.99.